The number of nitrogens with one attached hydrogen (secondary N) is 1. The third-order valence-corrected chi connectivity index (χ3v) is 4.20. The average molecular weight is 423 g/mol. The van der Waals surface area contributed by atoms with Crippen LogP contribution >= 0.6 is 0 Å². The molecule has 2 rings (SSSR count). The van der Waals surface area contributed by atoms with Crippen molar-refractivity contribution in [3.05, 3.63) is 70.8 Å². The molecule has 2 N–H and O–H groups in total. The molecule has 1 atom stereocenters. The van der Waals surface area contributed by atoms with Gasteiger partial charge in [-0.3, -0.25) is 0 Å². The van der Waals surface area contributed by atoms with Crippen LogP contribution < -0.4 is 0 Å². The van der Waals surface area contributed by atoms with Gasteiger partial charge in [0, 0.05) is 6.42 Å². The Hall–Kier alpha value is -2.71. The molecule has 0 saturated carbocycles. The monoisotopic (exact) mass is 423 g/mol. The highest BCUT2D eigenvalue weighted by Gasteiger charge is 2.29. The highest BCUT2D eigenvalue weighted by atomic mass is 19.4. The number of carbonyl (C=O) groups is 1. The van der Waals surface area contributed by atoms with Gasteiger partial charge in [0.15, 0.2) is 6.10 Å². The van der Waals surface area contributed by atoms with Crippen molar-refractivity contribution in [3.8, 4) is 0 Å². The van der Waals surface area contributed by atoms with Crippen LogP contribution in [0.4, 0.5) is 13.2 Å². The summed E-state index contributed by atoms with van der Waals surface area (Å²) in [6.45, 7) is 3.56. The molecule has 8 heteroatoms. The van der Waals surface area contributed by atoms with Crippen molar-refractivity contribution in [2.24, 2.45) is 0 Å². The van der Waals surface area contributed by atoms with E-state index in [0.717, 1.165) is 12.1 Å². The Bertz CT molecular complexity index is 863. The lowest BCUT2D eigenvalue weighted by atomic mass is 10.0. The zero-order chi connectivity index (χ0) is 22.3. The maximum atomic E-state index is 12.6. The van der Waals surface area contributed by atoms with E-state index < -0.39 is 23.8 Å². The first kappa shape index (κ1) is 23.6. The van der Waals surface area contributed by atoms with E-state index in [-0.39, 0.29) is 31.5 Å². The molecule has 2 aromatic rings. The fourth-order valence-electron chi connectivity index (χ4n) is 2.77. The molecule has 5 nitrogen and oxygen atoms in total. The summed E-state index contributed by atoms with van der Waals surface area (Å²) < 4.78 is 48.6. The summed E-state index contributed by atoms with van der Waals surface area (Å²) in [5.74, 6) is -1.05. The van der Waals surface area contributed by atoms with Gasteiger partial charge in [0.2, 0.25) is 0 Å². The molecule has 0 saturated heterocycles. The number of hydrogen-bond donors (Lipinski definition) is 2. The molecule has 0 amide bonds. The second-order valence-corrected chi connectivity index (χ2v) is 7.08. The second kappa shape index (κ2) is 10.4. The summed E-state index contributed by atoms with van der Waals surface area (Å²) in [7, 11) is 0. The van der Waals surface area contributed by atoms with Gasteiger partial charge < -0.3 is 20.0 Å². The topological polar surface area (TPSA) is 79.6 Å². The van der Waals surface area contributed by atoms with Crippen LogP contribution in [0.1, 0.15) is 36.1 Å². The summed E-state index contributed by atoms with van der Waals surface area (Å²) in [5, 5.41) is 17.5. The number of ether oxygens (including phenoxy) is 2. The zero-order valence-electron chi connectivity index (χ0n) is 16.7. The molecule has 0 radical (unpaired) electrons. The Kier molecular flexibility index (Phi) is 8.14. The van der Waals surface area contributed by atoms with Crippen molar-refractivity contribution in [2.45, 2.75) is 45.3 Å². The Labute approximate surface area is 173 Å². The first-order valence-electron chi connectivity index (χ1n) is 9.35. The minimum Gasteiger partial charge on any atom is -0.479 e. The maximum Gasteiger partial charge on any atom is 0.416 e. The molecule has 30 heavy (non-hydrogen) atoms. The fourth-order valence-corrected chi connectivity index (χ4v) is 2.77. The van der Waals surface area contributed by atoms with E-state index in [1.54, 1.807) is 38.1 Å². The fraction of sp³-hybridized carbons (Fsp3) is 0.364. The van der Waals surface area contributed by atoms with Crippen LogP contribution in [-0.4, -0.2) is 35.6 Å². The van der Waals surface area contributed by atoms with Crippen LogP contribution in [0.25, 0.3) is 0 Å². The standard InChI is InChI=1S/C22H24F3NO4/c1-14(2)30-20(21(27)28)11-16-4-3-5-17(10-16)19(26)13-29-12-15-6-8-18(9-7-15)22(23,24)25/h3-10,14,20,26H,11-13H2,1-2H3,(H,27,28). The molecule has 0 bridgehead atoms. The molecule has 0 spiro atoms. The van der Waals surface area contributed by atoms with Crippen LogP contribution in [0.3, 0.4) is 0 Å². The highest BCUT2D eigenvalue weighted by Crippen LogP contribution is 2.29. The third-order valence-electron chi connectivity index (χ3n) is 4.20. The van der Waals surface area contributed by atoms with Gasteiger partial charge in [-0.2, -0.15) is 13.2 Å². The van der Waals surface area contributed by atoms with Crippen LogP contribution in [-0.2, 0) is 33.5 Å². The van der Waals surface area contributed by atoms with Gasteiger partial charge in [0.05, 0.1) is 30.6 Å². The molecule has 162 valence electrons. The van der Waals surface area contributed by atoms with E-state index in [2.05, 4.69) is 0 Å². The van der Waals surface area contributed by atoms with Crippen molar-refractivity contribution >= 4 is 11.7 Å². The van der Waals surface area contributed by atoms with Crippen molar-refractivity contribution in [2.75, 3.05) is 6.61 Å². The largest absolute Gasteiger partial charge is 0.479 e. The van der Waals surface area contributed by atoms with Gasteiger partial charge in [0.25, 0.3) is 0 Å². The molecule has 0 aliphatic carbocycles. The summed E-state index contributed by atoms with van der Waals surface area (Å²) in [6.07, 6.45) is -5.43. The van der Waals surface area contributed by atoms with E-state index in [9.17, 15) is 23.1 Å². The first-order chi connectivity index (χ1) is 14.1. The van der Waals surface area contributed by atoms with Gasteiger partial charge in [-0.05, 0) is 48.7 Å². The molecular formula is C22H24F3NO4. The van der Waals surface area contributed by atoms with E-state index in [4.69, 9.17) is 14.9 Å². The van der Waals surface area contributed by atoms with Gasteiger partial charge in [-0.25, -0.2) is 4.79 Å². The van der Waals surface area contributed by atoms with Crippen LogP contribution in [0.5, 0.6) is 0 Å². The number of alkyl halides is 3. The average Bonchev–Trinajstić information content (AvgIpc) is 2.67. The van der Waals surface area contributed by atoms with Crippen LogP contribution in [0, 0.1) is 5.41 Å². The number of aliphatic carboxylic acids is 1. The first-order valence-corrected chi connectivity index (χ1v) is 9.35. The second-order valence-electron chi connectivity index (χ2n) is 7.08. The lowest BCUT2D eigenvalue weighted by Gasteiger charge is -2.17. The van der Waals surface area contributed by atoms with Gasteiger partial charge >= 0.3 is 12.1 Å². The van der Waals surface area contributed by atoms with E-state index >= 15 is 0 Å². The van der Waals surface area contributed by atoms with Crippen molar-refractivity contribution in [1.29, 1.82) is 5.41 Å². The van der Waals surface area contributed by atoms with Gasteiger partial charge in [-0.1, -0.05) is 30.3 Å². The number of carboxylic acid groups (broad SMARTS) is 1. The minimum absolute atomic E-state index is 0.0324. The summed E-state index contributed by atoms with van der Waals surface area (Å²) in [4.78, 5) is 11.4. The summed E-state index contributed by atoms with van der Waals surface area (Å²) >= 11 is 0. The molecule has 0 aliphatic rings. The van der Waals surface area contributed by atoms with Crippen molar-refractivity contribution in [1.82, 2.24) is 0 Å². The lowest BCUT2D eigenvalue weighted by Crippen LogP contribution is -2.29. The number of hydrogen-bond acceptors (Lipinski definition) is 4. The molecule has 1 unspecified atom stereocenters. The molecule has 0 aliphatic heterocycles. The molecule has 0 fully saturated rings. The lowest BCUT2D eigenvalue weighted by molar-refractivity contribution is -0.153. The number of carboxylic acids is 1. The van der Waals surface area contributed by atoms with Crippen molar-refractivity contribution in [3.63, 3.8) is 0 Å². The minimum atomic E-state index is -4.38. The number of rotatable bonds is 10. The van der Waals surface area contributed by atoms with E-state index in [0.29, 0.717) is 16.7 Å². The third kappa shape index (κ3) is 7.27. The molecule has 0 heterocycles. The Morgan fingerprint density at radius 2 is 1.77 bits per heavy atom. The normalized spacial score (nSPS) is 12.7. The van der Waals surface area contributed by atoms with Gasteiger partial charge in [0.1, 0.15) is 0 Å². The maximum absolute atomic E-state index is 12.6. The van der Waals surface area contributed by atoms with Gasteiger partial charge in [-0.15, -0.1) is 0 Å². The van der Waals surface area contributed by atoms with Crippen LogP contribution in [0.15, 0.2) is 48.5 Å². The molecule has 0 aromatic heterocycles. The Morgan fingerprint density at radius 3 is 2.33 bits per heavy atom. The predicted molar refractivity (Wildman–Crippen MR) is 106 cm³/mol. The summed E-state index contributed by atoms with van der Waals surface area (Å²) in [6, 6.07) is 11.6. The number of benzene rings is 2. The smallest absolute Gasteiger partial charge is 0.416 e. The summed E-state index contributed by atoms with van der Waals surface area (Å²) in [5.41, 5.74) is 1.32. The van der Waals surface area contributed by atoms with Crippen molar-refractivity contribution < 1.29 is 32.5 Å². The molecule has 2 aromatic carbocycles. The van der Waals surface area contributed by atoms with Crippen LogP contribution in [0.2, 0.25) is 0 Å². The number of halogens is 3. The SMILES string of the molecule is CC(C)OC(Cc1cccc(C(=N)COCc2ccc(C(F)(F)F)cc2)c1)C(=O)O. The zero-order valence-corrected chi connectivity index (χ0v) is 16.7. The Balaban J connectivity index is 1.93. The quantitative estimate of drug-likeness (QED) is 0.543. The Morgan fingerprint density at radius 1 is 1.10 bits per heavy atom. The van der Waals surface area contributed by atoms with E-state index in [1.807, 2.05) is 0 Å². The predicted octanol–water partition coefficient (Wildman–Crippen LogP) is 4.71. The highest BCUT2D eigenvalue weighted by molar-refractivity contribution is 5.99. The molecular weight excluding hydrogens is 399 g/mol. The van der Waals surface area contributed by atoms with E-state index in [1.165, 1.54) is 12.1 Å².